The van der Waals surface area contributed by atoms with Gasteiger partial charge in [-0.15, -0.1) is 11.8 Å². The van der Waals surface area contributed by atoms with E-state index in [9.17, 15) is 0 Å². The second-order valence-corrected chi connectivity index (χ2v) is 6.44. The molecule has 0 radical (unpaired) electrons. The average molecular weight is 361 g/mol. The number of nitrogens with one attached hydrogen (secondary N) is 1. The summed E-state index contributed by atoms with van der Waals surface area (Å²) in [5, 5.41) is 23.6. The molecule has 0 aliphatic heterocycles. The van der Waals surface area contributed by atoms with Crippen molar-refractivity contribution in [2.45, 2.75) is 12.5 Å². The van der Waals surface area contributed by atoms with Crippen LogP contribution in [-0.2, 0) is 0 Å². The molecule has 0 fully saturated rings. The first-order valence-corrected chi connectivity index (χ1v) is 8.80. The number of nitriles is 2. The van der Waals surface area contributed by atoms with Gasteiger partial charge in [-0.1, -0.05) is 12.7 Å². The molecule has 7 nitrogen and oxygen atoms in total. The zero-order valence-corrected chi connectivity index (χ0v) is 14.6. The Balaban J connectivity index is 1.85. The third-order valence-electron chi connectivity index (χ3n) is 3.74. The van der Waals surface area contributed by atoms with Gasteiger partial charge in [0.05, 0.1) is 35.3 Å². The van der Waals surface area contributed by atoms with Gasteiger partial charge in [-0.2, -0.15) is 15.6 Å². The Labute approximate surface area is 154 Å². The van der Waals surface area contributed by atoms with E-state index in [1.807, 2.05) is 18.5 Å². The van der Waals surface area contributed by atoms with E-state index in [0.717, 1.165) is 22.3 Å². The number of thioether (sulfide) groups is 1. The Morgan fingerprint density at radius 3 is 3.08 bits per heavy atom. The van der Waals surface area contributed by atoms with Gasteiger partial charge in [0.25, 0.3) is 0 Å². The lowest BCUT2D eigenvalue weighted by atomic mass is 10.2. The van der Waals surface area contributed by atoms with Crippen molar-refractivity contribution < 1.29 is 0 Å². The molecule has 0 bridgehead atoms. The minimum Gasteiger partial charge on any atom is -0.346 e. The molecule has 8 heteroatoms. The van der Waals surface area contributed by atoms with Crippen LogP contribution in [0, 0.1) is 22.7 Å². The summed E-state index contributed by atoms with van der Waals surface area (Å²) in [5.41, 5.74) is 2.40. The highest BCUT2D eigenvalue weighted by Crippen LogP contribution is 2.27. The normalized spacial score (nSPS) is 12.5. The van der Waals surface area contributed by atoms with Gasteiger partial charge in [-0.25, -0.2) is 9.97 Å². The summed E-state index contributed by atoms with van der Waals surface area (Å²) in [4.78, 5) is 12.2. The quantitative estimate of drug-likeness (QED) is 0.509. The maximum absolute atomic E-state index is 9.14. The average Bonchev–Trinajstić information content (AvgIpc) is 3.33. The van der Waals surface area contributed by atoms with Gasteiger partial charge in [0.2, 0.25) is 0 Å². The zero-order valence-electron chi connectivity index (χ0n) is 13.8. The van der Waals surface area contributed by atoms with Gasteiger partial charge in [0, 0.05) is 29.1 Å². The van der Waals surface area contributed by atoms with E-state index in [2.05, 4.69) is 38.8 Å². The molecule has 3 rings (SSSR count). The summed E-state index contributed by atoms with van der Waals surface area (Å²) in [6.45, 7) is 3.60. The fourth-order valence-electron chi connectivity index (χ4n) is 2.51. The smallest absolute Gasteiger partial charge is 0.141 e. The molecule has 3 aromatic heterocycles. The summed E-state index contributed by atoms with van der Waals surface area (Å²) in [6, 6.07) is 6.08. The van der Waals surface area contributed by atoms with Crippen molar-refractivity contribution in [3.63, 3.8) is 0 Å². The number of H-pyrrole nitrogens is 1. The van der Waals surface area contributed by atoms with E-state index < -0.39 is 0 Å². The van der Waals surface area contributed by atoms with Crippen molar-refractivity contribution in [3.8, 4) is 23.4 Å². The minimum absolute atomic E-state index is 0.149. The number of allylic oxidation sites excluding steroid dienone is 3. The largest absolute Gasteiger partial charge is 0.346 e. The van der Waals surface area contributed by atoms with Gasteiger partial charge < -0.3 is 4.98 Å². The molecule has 128 valence electrons. The van der Waals surface area contributed by atoms with Crippen molar-refractivity contribution in [2.75, 3.05) is 5.75 Å². The second kappa shape index (κ2) is 8.15. The summed E-state index contributed by atoms with van der Waals surface area (Å²) in [5.74, 6) is 0.561. The summed E-state index contributed by atoms with van der Waals surface area (Å²) in [6.07, 6.45) is 10.5. The summed E-state index contributed by atoms with van der Waals surface area (Å²) >= 11 is 1.38. The van der Waals surface area contributed by atoms with Gasteiger partial charge in [-0.3, -0.25) is 4.68 Å². The van der Waals surface area contributed by atoms with Crippen molar-refractivity contribution in [1.82, 2.24) is 24.7 Å². The molecule has 1 atom stereocenters. The first-order valence-electron chi connectivity index (χ1n) is 7.82. The van der Waals surface area contributed by atoms with Crippen molar-refractivity contribution in [1.29, 1.82) is 10.5 Å². The first-order chi connectivity index (χ1) is 12.8. The molecule has 26 heavy (non-hydrogen) atoms. The van der Waals surface area contributed by atoms with Crippen LogP contribution >= 0.6 is 11.8 Å². The Hall–Kier alpha value is -3.36. The highest BCUT2D eigenvalue weighted by atomic mass is 32.2. The van der Waals surface area contributed by atoms with Crippen LogP contribution in [0.3, 0.4) is 0 Å². The molecule has 0 saturated carbocycles. The highest BCUT2D eigenvalue weighted by Gasteiger charge is 2.16. The number of nitrogens with zero attached hydrogens (tertiary/aromatic N) is 6. The van der Waals surface area contributed by atoms with Crippen molar-refractivity contribution in [2.24, 2.45) is 0 Å². The molecule has 0 saturated heterocycles. The Kier molecular flexibility index (Phi) is 5.47. The monoisotopic (exact) mass is 361 g/mol. The van der Waals surface area contributed by atoms with E-state index in [0.29, 0.717) is 17.1 Å². The molecule has 1 unspecified atom stereocenters. The molecule has 0 spiro atoms. The standard InChI is InChI=1S/C18H15N7S/c1-2-3-15(8-20)26-11-14(4-6-19)25-10-13(9-24-25)17-16-5-7-21-18(16)23-12-22-17/h2-3,5,7,9-10,12,14H,1,4,11H2,(H,21,22,23)/b15-3-. The maximum atomic E-state index is 9.14. The lowest BCUT2D eigenvalue weighted by Crippen LogP contribution is -2.11. The van der Waals surface area contributed by atoms with Gasteiger partial charge in [-0.05, 0) is 12.1 Å². The van der Waals surface area contributed by atoms with Gasteiger partial charge in [0.1, 0.15) is 18.0 Å². The van der Waals surface area contributed by atoms with Crippen LogP contribution < -0.4 is 0 Å². The lowest BCUT2D eigenvalue weighted by molar-refractivity contribution is 0.508. The molecule has 0 aromatic carbocycles. The predicted octanol–water partition coefficient (Wildman–Crippen LogP) is 3.60. The van der Waals surface area contributed by atoms with E-state index in [4.69, 9.17) is 10.5 Å². The SMILES string of the molecule is C=C/C=C(/C#N)SCC(CC#N)n1cc(-c2ncnc3[nH]ccc23)cn1. The van der Waals surface area contributed by atoms with Crippen molar-refractivity contribution in [3.05, 3.63) is 54.6 Å². The number of aromatic amines is 1. The third-order valence-corrected chi connectivity index (χ3v) is 4.83. The number of hydrogen-bond acceptors (Lipinski definition) is 6. The molecule has 3 aromatic rings. The van der Waals surface area contributed by atoms with Crippen LogP contribution in [0.5, 0.6) is 0 Å². The molecule has 3 heterocycles. The summed E-state index contributed by atoms with van der Waals surface area (Å²) < 4.78 is 1.76. The minimum atomic E-state index is -0.149. The van der Waals surface area contributed by atoms with Gasteiger partial charge >= 0.3 is 0 Å². The van der Waals surface area contributed by atoms with E-state index in [1.54, 1.807) is 23.0 Å². The Morgan fingerprint density at radius 1 is 1.42 bits per heavy atom. The van der Waals surface area contributed by atoms with E-state index in [1.165, 1.54) is 18.1 Å². The predicted molar refractivity (Wildman–Crippen MR) is 101 cm³/mol. The third kappa shape index (κ3) is 3.66. The van der Waals surface area contributed by atoms with Crippen molar-refractivity contribution >= 4 is 22.8 Å². The van der Waals surface area contributed by atoms with Crippen LogP contribution in [-0.4, -0.2) is 30.5 Å². The zero-order chi connectivity index (χ0) is 18.4. The number of fused-ring (bicyclic) bond motifs is 1. The molecular formula is C18H15N7S. The Bertz CT molecular complexity index is 1030. The van der Waals surface area contributed by atoms with Crippen LogP contribution in [0.4, 0.5) is 0 Å². The number of rotatable bonds is 7. The van der Waals surface area contributed by atoms with Gasteiger partial charge in [0.15, 0.2) is 0 Å². The molecule has 0 amide bonds. The first kappa shape index (κ1) is 17.5. The fraction of sp³-hybridized carbons (Fsp3) is 0.167. The second-order valence-electron chi connectivity index (χ2n) is 5.38. The number of aromatic nitrogens is 5. The van der Waals surface area contributed by atoms with Crippen LogP contribution in [0.2, 0.25) is 0 Å². The molecule has 1 N–H and O–H groups in total. The lowest BCUT2D eigenvalue weighted by Gasteiger charge is -2.13. The van der Waals surface area contributed by atoms with Crippen LogP contribution in [0.15, 0.2) is 54.6 Å². The number of hydrogen-bond donors (Lipinski definition) is 1. The molecule has 0 aliphatic carbocycles. The van der Waals surface area contributed by atoms with Crippen LogP contribution in [0.25, 0.3) is 22.3 Å². The van der Waals surface area contributed by atoms with E-state index in [-0.39, 0.29) is 6.04 Å². The van der Waals surface area contributed by atoms with Crippen LogP contribution in [0.1, 0.15) is 12.5 Å². The Morgan fingerprint density at radius 2 is 2.31 bits per heavy atom. The maximum Gasteiger partial charge on any atom is 0.141 e. The highest BCUT2D eigenvalue weighted by molar-refractivity contribution is 8.03. The summed E-state index contributed by atoms with van der Waals surface area (Å²) in [7, 11) is 0. The molecular weight excluding hydrogens is 346 g/mol. The topological polar surface area (TPSA) is 107 Å². The molecule has 0 aliphatic rings. The van der Waals surface area contributed by atoms with E-state index >= 15 is 0 Å². The fourth-order valence-corrected chi connectivity index (χ4v) is 3.41.